The first-order valence-corrected chi connectivity index (χ1v) is 6.81. The number of halogens is 2. The molecule has 0 fully saturated rings. The maximum atomic E-state index is 5.94. The largest absolute Gasteiger partial charge is 0.444 e. The van der Waals surface area contributed by atoms with Gasteiger partial charge in [0.05, 0.1) is 17.3 Å². The zero-order chi connectivity index (χ0) is 13.1. The van der Waals surface area contributed by atoms with Crippen LogP contribution in [0.1, 0.15) is 22.9 Å². The van der Waals surface area contributed by atoms with Gasteiger partial charge in [-0.05, 0) is 47.5 Å². The Balaban J connectivity index is 1.90. The maximum Gasteiger partial charge on any atom is 0.208 e. The summed E-state index contributed by atoms with van der Waals surface area (Å²) in [4.78, 5) is 4.31. The summed E-state index contributed by atoms with van der Waals surface area (Å²) in [5.41, 5.74) is 2.10. The molecule has 0 unspecified atom stereocenters. The minimum atomic E-state index is 0.620. The molecule has 0 saturated heterocycles. The summed E-state index contributed by atoms with van der Waals surface area (Å²) in [7, 11) is 0. The van der Waals surface area contributed by atoms with Crippen LogP contribution in [0.25, 0.3) is 0 Å². The van der Waals surface area contributed by atoms with Gasteiger partial charge in [-0.25, -0.2) is 4.98 Å². The average Bonchev–Trinajstić information content (AvgIpc) is 2.63. The van der Waals surface area contributed by atoms with Crippen molar-refractivity contribution in [2.45, 2.75) is 26.9 Å². The molecular formula is C13H14BrClN2O. The lowest BCUT2D eigenvalue weighted by atomic mass is 10.2. The molecule has 1 aromatic carbocycles. The van der Waals surface area contributed by atoms with E-state index in [2.05, 4.69) is 26.2 Å². The topological polar surface area (TPSA) is 38.1 Å². The molecule has 3 nitrogen and oxygen atoms in total. The van der Waals surface area contributed by atoms with E-state index in [9.17, 15) is 0 Å². The summed E-state index contributed by atoms with van der Waals surface area (Å²) in [6.07, 6.45) is 0. The summed E-state index contributed by atoms with van der Waals surface area (Å²) in [6.45, 7) is 5.23. The van der Waals surface area contributed by atoms with E-state index in [1.54, 1.807) is 0 Å². The van der Waals surface area contributed by atoms with E-state index in [4.69, 9.17) is 16.0 Å². The summed E-state index contributed by atoms with van der Waals surface area (Å²) >= 11 is 9.34. The molecule has 1 N–H and O–H groups in total. The minimum absolute atomic E-state index is 0.620. The van der Waals surface area contributed by atoms with Crippen LogP contribution < -0.4 is 5.32 Å². The lowest BCUT2D eigenvalue weighted by Gasteiger charge is -2.04. The molecule has 0 atom stereocenters. The van der Waals surface area contributed by atoms with E-state index in [0.29, 0.717) is 6.54 Å². The predicted molar refractivity (Wildman–Crippen MR) is 75.7 cm³/mol. The number of hydrogen-bond acceptors (Lipinski definition) is 3. The normalized spacial score (nSPS) is 10.9. The van der Waals surface area contributed by atoms with Gasteiger partial charge in [0, 0.05) is 11.0 Å². The zero-order valence-electron chi connectivity index (χ0n) is 10.3. The molecule has 96 valence electrons. The smallest absolute Gasteiger partial charge is 0.208 e. The highest BCUT2D eigenvalue weighted by Gasteiger charge is 2.05. The molecule has 1 heterocycles. The monoisotopic (exact) mass is 328 g/mol. The van der Waals surface area contributed by atoms with Gasteiger partial charge in [-0.15, -0.1) is 0 Å². The molecule has 1 aromatic heterocycles. The Morgan fingerprint density at radius 2 is 2.11 bits per heavy atom. The number of rotatable bonds is 4. The van der Waals surface area contributed by atoms with Crippen LogP contribution in [0.5, 0.6) is 0 Å². The molecule has 0 spiro atoms. The quantitative estimate of drug-likeness (QED) is 0.921. The van der Waals surface area contributed by atoms with E-state index in [1.807, 2.05) is 32.0 Å². The molecule has 0 aliphatic rings. The molecule has 0 aliphatic heterocycles. The average molecular weight is 330 g/mol. The Morgan fingerprint density at radius 1 is 1.33 bits per heavy atom. The molecule has 0 aliphatic carbocycles. The van der Waals surface area contributed by atoms with Gasteiger partial charge in [0.2, 0.25) is 5.89 Å². The predicted octanol–water partition coefficient (Wildman–Crippen LogP) is 4.00. The zero-order valence-corrected chi connectivity index (χ0v) is 12.6. The number of aryl methyl sites for hydroxylation is 2. The standard InChI is InChI=1S/C13H14BrClN2O/c1-8-9(2)18-13(17-8)7-16-6-10-3-4-12(15)11(14)5-10/h3-5,16H,6-7H2,1-2H3. The Kier molecular flexibility index (Phi) is 4.43. The van der Waals surface area contributed by atoms with Crippen molar-refractivity contribution in [1.82, 2.24) is 10.3 Å². The molecule has 2 rings (SSSR count). The third-order valence-electron chi connectivity index (χ3n) is 2.66. The number of nitrogens with zero attached hydrogens (tertiary/aromatic N) is 1. The van der Waals surface area contributed by atoms with Crippen molar-refractivity contribution < 1.29 is 4.42 Å². The van der Waals surface area contributed by atoms with Crippen molar-refractivity contribution in [1.29, 1.82) is 0 Å². The van der Waals surface area contributed by atoms with Crippen LogP contribution in [0.3, 0.4) is 0 Å². The number of nitrogens with one attached hydrogen (secondary N) is 1. The van der Waals surface area contributed by atoms with Crippen LogP contribution in [-0.2, 0) is 13.1 Å². The van der Waals surface area contributed by atoms with Crippen LogP contribution in [0, 0.1) is 13.8 Å². The summed E-state index contributed by atoms with van der Waals surface area (Å²) in [5, 5.41) is 4.01. The molecule has 0 bridgehead atoms. The van der Waals surface area contributed by atoms with Gasteiger partial charge in [-0.2, -0.15) is 0 Å². The second-order valence-corrected chi connectivity index (χ2v) is 5.36. The molecule has 0 amide bonds. The van der Waals surface area contributed by atoms with Crippen LogP contribution >= 0.6 is 27.5 Å². The van der Waals surface area contributed by atoms with Crippen molar-refractivity contribution in [2.24, 2.45) is 0 Å². The van der Waals surface area contributed by atoms with Gasteiger partial charge in [0.25, 0.3) is 0 Å². The van der Waals surface area contributed by atoms with E-state index >= 15 is 0 Å². The van der Waals surface area contributed by atoms with Gasteiger partial charge in [-0.3, -0.25) is 0 Å². The van der Waals surface area contributed by atoms with E-state index in [-0.39, 0.29) is 0 Å². The highest BCUT2D eigenvalue weighted by Crippen LogP contribution is 2.23. The van der Waals surface area contributed by atoms with Gasteiger partial charge in [0.15, 0.2) is 0 Å². The van der Waals surface area contributed by atoms with Gasteiger partial charge >= 0.3 is 0 Å². The SMILES string of the molecule is Cc1nc(CNCc2ccc(Cl)c(Br)c2)oc1C. The van der Waals surface area contributed by atoms with Crippen molar-refractivity contribution >= 4 is 27.5 Å². The number of benzene rings is 1. The van der Waals surface area contributed by atoms with Crippen LogP contribution in [-0.4, -0.2) is 4.98 Å². The van der Waals surface area contributed by atoms with E-state index in [1.165, 1.54) is 0 Å². The first-order chi connectivity index (χ1) is 8.56. The Hall–Kier alpha value is -0.840. The van der Waals surface area contributed by atoms with E-state index in [0.717, 1.165) is 38.9 Å². The summed E-state index contributed by atoms with van der Waals surface area (Å²) in [5.74, 6) is 1.60. The number of oxazole rings is 1. The Bertz CT molecular complexity index is 534. The van der Waals surface area contributed by atoms with Crippen LogP contribution in [0.2, 0.25) is 5.02 Å². The van der Waals surface area contributed by atoms with Crippen LogP contribution in [0.4, 0.5) is 0 Å². The van der Waals surface area contributed by atoms with Crippen molar-refractivity contribution in [3.8, 4) is 0 Å². The van der Waals surface area contributed by atoms with Crippen molar-refractivity contribution in [2.75, 3.05) is 0 Å². The van der Waals surface area contributed by atoms with E-state index < -0.39 is 0 Å². The van der Waals surface area contributed by atoms with Gasteiger partial charge in [-0.1, -0.05) is 17.7 Å². The molecule has 18 heavy (non-hydrogen) atoms. The fraction of sp³-hybridized carbons (Fsp3) is 0.308. The number of hydrogen-bond donors (Lipinski definition) is 1. The molecular weight excluding hydrogens is 316 g/mol. The summed E-state index contributed by atoms with van der Waals surface area (Å²) < 4.78 is 6.40. The highest BCUT2D eigenvalue weighted by atomic mass is 79.9. The lowest BCUT2D eigenvalue weighted by Crippen LogP contribution is -2.12. The first-order valence-electron chi connectivity index (χ1n) is 5.64. The van der Waals surface area contributed by atoms with Crippen molar-refractivity contribution in [3.05, 3.63) is 50.6 Å². The van der Waals surface area contributed by atoms with Crippen LogP contribution in [0.15, 0.2) is 27.1 Å². The van der Waals surface area contributed by atoms with Crippen molar-refractivity contribution in [3.63, 3.8) is 0 Å². The minimum Gasteiger partial charge on any atom is -0.444 e. The second-order valence-electron chi connectivity index (χ2n) is 4.10. The first kappa shape index (κ1) is 13.6. The number of aromatic nitrogens is 1. The second kappa shape index (κ2) is 5.87. The molecule has 5 heteroatoms. The van der Waals surface area contributed by atoms with Gasteiger partial charge < -0.3 is 9.73 Å². The fourth-order valence-corrected chi connectivity index (χ4v) is 2.12. The third kappa shape index (κ3) is 3.34. The maximum absolute atomic E-state index is 5.94. The molecule has 0 radical (unpaired) electrons. The fourth-order valence-electron chi connectivity index (χ4n) is 1.58. The lowest BCUT2D eigenvalue weighted by molar-refractivity contribution is 0.448. The molecule has 2 aromatic rings. The summed E-state index contributed by atoms with van der Waals surface area (Å²) in [6, 6.07) is 5.87. The third-order valence-corrected chi connectivity index (χ3v) is 3.88. The molecule has 0 saturated carbocycles. The highest BCUT2D eigenvalue weighted by molar-refractivity contribution is 9.10. The Morgan fingerprint density at radius 3 is 2.72 bits per heavy atom. The van der Waals surface area contributed by atoms with Gasteiger partial charge in [0.1, 0.15) is 5.76 Å². The Labute approximate surface area is 120 Å².